The first-order valence-corrected chi connectivity index (χ1v) is 8.39. The Labute approximate surface area is 145 Å². The van der Waals surface area contributed by atoms with E-state index in [-0.39, 0.29) is 11.9 Å². The highest BCUT2D eigenvalue weighted by atomic mass is 16.5. The fourth-order valence-electron chi connectivity index (χ4n) is 2.68. The Balaban J connectivity index is 2.02. The standard InChI is InChI=1S/C21H27NO2/c1-13-7-8-15(3)20(11-13)17(5)22-21(23)18(6)24-19-10-9-14(2)16(4)12-19/h7-12,17-18H,1-6H3,(H,22,23)/t17-,18+/m0/s1. The molecule has 0 bridgehead atoms. The van der Waals surface area contributed by atoms with Crippen molar-refractivity contribution >= 4 is 5.91 Å². The zero-order valence-corrected chi connectivity index (χ0v) is 15.4. The third-order valence-electron chi connectivity index (χ3n) is 4.42. The van der Waals surface area contributed by atoms with Crippen LogP contribution in [0.5, 0.6) is 5.75 Å². The van der Waals surface area contributed by atoms with Crippen LogP contribution < -0.4 is 10.1 Å². The Kier molecular flexibility index (Phi) is 5.66. The molecule has 2 atom stereocenters. The van der Waals surface area contributed by atoms with Crippen LogP contribution >= 0.6 is 0 Å². The van der Waals surface area contributed by atoms with Gasteiger partial charge in [0.1, 0.15) is 5.75 Å². The van der Waals surface area contributed by atoms with Crippen molar-refractivity contribution in [2.24, 2.45) is 0 Å². The summed E-state index contributed by atoms with van der Waals surface area (Å²) in [7, 11) is 0. The summed E-state index contributed by atoms with van der Waals surface area (Å²) in [5.41, 5.74) is 5.88. The Morgan fingerprint density at radius 2 is 1.58 bits per heavy atom. The number of rotatable bonds is 5. The molecule has 24 heavy (non-hydrogen) atoms. The Morgan fingerprint density at radius 3 is 2.25 bits per heavy atom. The van der Waals surface area contributed by atoms with Gasteiger partial charge in [0.25, 0.3) is 5.91 Å². The van der Waals surface area contributed by atoms with Crippen molar-refractivity contribution < 1.29 is 9.53 Å². The van der Waals surface area contributed by atoms with Gasteiger partial charge in [-0.05, 0) is 75.9 Å². The summed E-state index contributed by atoms with van der Waals surface area (Å²) in [5.74, 6) is 0.613. The minimum absolute atomic E-state index is 0.0526. The molecule has 2 rings (SSSR count). The van der Waals surface area contributed by atoms with Crippen LogP contribution in [-0.2, 0) is 4.79 Å². The van der Waals surface area contributed by atoms with Crippen LogP contribution in [0, 0.1) is 27.7 Å². The molecule has 3 heteroatoms. The van der Waals surface area contributed by atoms with E-state index in [1.165, 1.54) is 16.7 Å². The maximum atomic E-state index is 12.4. The average Bonchev–Trinajstić information content (AvgIpc) is 2.53. The highest BCUT2D eigenvalue weighted by molar-refractivity contribution is 5.81. The van der Waals surface area contributed by atoms with Gasteiger partial charge in [0.15, 0.2) is 6.10 Å². The first kappa shape index (κ1) is 18.1. The molecule has 128 valence electrons. The molecule has 0 radical (unpaired) electrons. The summed E-state index contributed by atoms with van der Waals surface area (Å²) >= 11 is 0. The second-order valence-electron chi connectivity index (χ2n) is 6.60. The maximum absolute atomic E-state index is 12.4. The average molecular weight is 325 g/mol. The summed E-state index contributed by atoms with van der Waals surface area (Å²) in [6.07, 6.45) is -0.542. The van der Waals surface area contributed by atoms with Gasteiger partial charge in [0.05, 0.1) is 6.04 Å². The highest BCUT2D eigenvalue weighted by Crippen LogP contribution is 2.20. The lowest BCUT2D eigenvalue weighted by molar-refractivity contribution is -0.127. The summed E-state index contributed by atoms with van der Waals surface area (Å²) in [4.78, 5) is 12.4. The molecule has 0 saturated carbocycles. The third-order valence-corrected chi connectivity index (χ3v) is 4.42. The summed E-state index contributed by atoms with van der Waals surface area (Å²) in [6, 6.07) is 12.1. The number of benzene rings is 2. The molecule has 0 aliphatic carbocycles. The minimum Gasteiger partial charge on any atom is -0.481 e. The smallest absolute Gasteiger partial charge is 0.261 e. The fraction of sp³-hybridized carbons (Fsp3) is 0.381. The number of hydrogen-bond acceptors (Lipinski definition) is 2. The first-order chi connectivity index (χ1) is 11.3. The van der Waals surface area contributed by atoms with Gasteiger partial charge in [-0.15, -0.1) is 0 Å². The van der Waals surface area contributed by atoms with Gasteiger partial charge in [-0.3, -0.25) is 4.79 Å². The van der Waals surface area contributed by atoms with Crippen molar-refractivity contribution in [1.29, 1.82) is 0 Å². The van der Waals surface area contributed by atoms with Gasteiger partial charge >= 0.3 is 0 Å². The van der Waals surface area contributed by atoms with Crippen LogP contribution in [-0.4, -0.2) is 12.0 Å². The molecule has 1 amide bonds. The topological polar surface area (TPSA) is 38.3 Å². The van der Waals surface area contributed by atoms with Gasteiger partial charge < -0.3 is 10.1 Å². The highest BCUT2D eigenvalue weighted by Gasteiger charge is 2.19. The van der Waals surface area contributed by atoms with Gasteiger partial charge in [-0.25, -0.2) is 0 Å². The lowest BCUT2D eigenvalue weighted by Gasteiger charge is -2.21. The van der Waals surface area contributed by atoms with E-state index in [1.54, 1.807) is 6.92 Å². The van der Waals surface area contributed by atoms with E-state index in [0.717, 1.165) is 16.9 Å². The largest absolute Gasteiger partial charge is 0.481 e. The SMILES string of the molecule is Cc1ccc(C)c([C@H](C)NC(=O)[C@@H](C)Oc2ccc(C)c(C)c2)c1. The molecular weight excluding hydrogens is 298 g/mol. The van der Waals surface area contributed by atoms with Crippen molar-refractivity contribution in [3.63, 3.8) is 0 Å². The molecule has 0 unspecified atom stereocenters. The first-order valence-electron chi connectivity index (χ1n) is 8.39. The summed E-state index contributed by atoms with van der Waals surface area (Å²) in [5, 5.41) is 3.05. The van der Waals surface area contributed by atoms with Gasteiger partial charge in [-0.2, -0.15) is 0 Å². The number of aryl methyl sites for hydroxylation is 4. The summed E-state index contributed by atoms with van der Waals surface area (Å²) in [6.45, 7) is 12.0. The van der Waals surface area contributed by atoms with Crippen molar-refractivity contribution in [3.05, 3.63) is 64.2 Å². The number of carbonyl (C=O) groups excluding carboxylic acids is 1. The van der Waals surface area contributed by atoms with Crippen LogP contribution in [0.15, 0.2) is 36.4 Å². The minimum atomic E-state index is -0.542. The van der Waals surface area contributed by atoms with Crippen LogP contribution in [0.3, 0.4) is 0 Å². The number of hydrogen-bond donors (Lipinski definition) is 1. The molecule has 0 spiro atoms. The number of nitrogens with one attached hydrogen (secondary N) is 1. The van der Waals surface area contributed by atoms with E-state index in [9.17, 15) is 4.79 Å². The van der Waals surface area contributed by atoms with E-state index in [2.05, 4.69) is 44.3 Å². The molecule has 3 nitrogen and oxygen atoms in total. The number of amides is 1. The van der Waals surface area contributed by atoms with Crippen LogP contribution in [0.25, 0.3) is 0 Å². The lowest BCUT2D eigenvalue weighted by Crippen LogP contribution is -2.38. The lowest BCUT2D eigenvalue weighted by atomic mass is 10.00. The van der Waals surface area contributed by atoms with Crippen LogP contribution in [0.2, 0.25) is 0 Å². The predicted octanol–water partition coefficient (Wildman–Crippen LogP) is 4.56. The molecule has 2 aromatic rings. The Bertz CT molecular complexity index is 737. The molecule has 0 aromatic heterocycles. The second kappa shape index (κ2) is 7.52. The Hall–Kier alpha value is -2.29. The van der Waals surface area contributed by atoms with Crippen LogP contribution in [0.1, 0.15) is 47.7 Å². The van der Waals surface area contributed by atoms with E-state index >= 15 is 0 Å². The quantitative estimate of drug-likeness (QED) is 0.875. The van der Waals surface area contributed by atoms with E-state index < -0.39 is 6.10 Å². The molecular formula is C21H27NO2. The van der Waals surface area contributed by atoms with Crippen molar-refractivity contribution in [2.75, 3.05) is 0 Å². The molecule has 0 aliphatic heterocycles. The molecule has 0 heterocycles. The zero-order chi connectivity index (χ0) is 17.9. The van der Waals surface area contributed by atoms with E-state index in [4.69, 9.17) is 4.74 Å². The maximum Gasteiger partial charge on any atom is 0.261 e. The fourth-order valence-corrected chi connectivity index (χ4v) is 2.68. The predicted molar refractivity (Wildman–Crippen MR) is 98.5 cm³/mol. The van der Waals surface area contributed by atoms with E-state index in [1.807, 2.05) is 32.0 Å². The third kappa shape index (κ3) is 4.38. The molecule has 0 saturated heterocycles. The molecule has 0 aliphatic rings. The van der Waals surface area contributed by atoms with E-state index in [0.29, 0.717) is 0 Å². The number of carbonyl (C=O) groups is 1. The zero-order valence-electron chi connectivity index (χ0n) is 15.4. The molecule has 0 fully saturated rings. The molecule has 1 N–H and O–H groups in total. The van der Waals surface area contributed by atoms with Gasteiger partial charge in [-0.1, -0.05) is 29.8 Å². The van der Waals surface area contributed by atoms with Gasteiger partial charge in [0.2, 0.25) is 0 Å². The van der Waals surface area contributed by atoms with Crippen LogP contribution in [0.4, 0.5) is 0 Å². The van der Waals surface area contributed by atoms with Crippen molar-refractivity contribution in [1.82, 2.24) is 5.32 Å². The molecule has 2 aromatic carbocycles. The second-order valence-corrected chi connectivity index (χ2v) is 6.60. The number of ether oxygens (including phenoxy) is 1. The Morgan fingerprint density at radius 1 is 0.917 bits per heavy atom. The summed E-state index contributed by atoms with van der Waals surface area (Å²) < 4.78 is 5.79. The van der Waals surface area contributed by atoms with Crippen molar-refractivity contribution in [3.8, 4) is 5.75 Å². The van der Waals surface area contributed by atoms with Crippen molar-refractivity contribution in [2.45, 2.75) is 53.7 Å². The van der Waals surface area contributed by atoms with Gasteiger partial charge in [0, 0.05) is 0 Å². The normalized spacial score (nSPS) is 13.2. The monoisotopic (exact) mass is 325 g/mol.